The molecule has 0 amide bonds. The van der Waals surface area contributed by atoms with Crippen LogP contribution in [0, 0.1) is 6.92 Å². The first-order chi connectivity index (χ1) is 10.1. The van der Waals surface area contributed by atoms with E-state index in [2.05, 4.69) is 38.5 Å². The molecular weight excluding hydrogens is 330 g/mol. The van der Waals surface area contributed by atoms with Crippen LogP contribution in [0.5, 0.6) is 5.75 Å². The third-order valence-electron chi connectivity index (χ3n) is 3.71. The van der Waals surface area contributed by atoms with Crippen molar-refractivity contribution >= 4 is 15.9 Å². The van der Waals surface area contributed by atoms with Crippen molar-refractivity contribution in [1.29, 1.82) is 0 Å². The maximum Gasteiger partial charge on any atom is 0.131 e. The van der Waals surface area contributed by atoms with E-state index in [0.29, 0.717) is 6.61 Å². The van der Waals surface area contributed by atoms with Crippen molar-refractivity contribution in [2.24, 2.45) is 7.05 Å². The first kappa shape index (κ1) is 14.6. The number of nitrogens with zero attached hydrogens (tertiary/aromatic N) is 2. The molecule has 2 aromatic rings. The number of rotatable bonds is 6. The highest BCUT2D eigenvalue weighted by Gasteiger charge is 2.19. The Morgan fingerprint density at radius 3 is 2.90 bits per heavy atom. The molecule has 1 aromatic carbocycles. The first-order valence-electron chi connectivity index (χ1n) is 7.26. The Morgan fingerprint density at radius 2 is 2.24 bits per heavy atom. The van der Waals surface area contributed by atoms with Crippen LogP contribution in [0.4, 0.5) is 0 Å². The molecule has 0 radical (unpaired) electrons. The molecule has 3 rings (SSSR count). The van der Waals surface area contributed by atoms with Crippen molar-refractivity contribution in [2.45, 2.75) is 39.0 Å². The molecular formula is C16H20BrN3O. The first-order valence-corrected chi connectivity index (χ1v) is 8.06. The Bertz CT molecular complexity index is 634. The summed E-state index contributed by atoms with van der Waals surface area (Å²) in [5.41, 5.74) is 3.30. The van der Waals surface area contributed by atoms with E-state index in [9.17, 15) is 0 Å². The second-order valence-electron chi connectivity index (χ2n) is 5.56. The number of nitrogens with one attached hydrogen (secondary N) is 1. The molecule has 0 unspecified atom stereocenters. The molecule has 0 atom stereocenters. The van der Waals surface area contributed by atoms with Gasteiger partial charge in [0.25, 0.3) is 0 Å². The Balaban J connectivity index is 1.62. The summed E-state index contributed by atoms with van der Waals surface area (Å²) in [5, 5.41) is 7.89. The lowest BCUT2D eigenvalue weighted by Gasteiger charge is -2.09. The number of benzene rings is 1. The lowest BCUT2D eigenvalue weighted by atomic mass is 10.2. The van der Waals surface area contributed by atoms with Gasteiger partial charge in [0.2, 0.25) is 0 Å². The number of hydrogen-bond donors (Lipinski definition) is 1. The predicted molar refractivity (Wildman–Crippen MR) is 86.3 cm³/mol. The van der Waals surface area contributed by atoms with E-state index in [4.69, 9.17) is 4.74 Å². The second-order valence-corrected chi connectivity index (χ2v) is 6.35. The predicted octanol–water partition coefficient (Wildman–Crippen LogP) is 3.32. The Morgan fingerprint density at radius 1 is 1.43 bits per heavy atom. The van der Waals surface area contributed by atoms with Crippen LogP contribution in [0.2, 0.25) is 0 Å². The van der Waals surface area contributed by atoms with E-state index in [1.165, 1.54) is 18.4 Å². The molecule has 1 N–H and O–H groups in total. The smallest absolute Gasteiger partial charge is 0.131 e. The zero-order valence-corrected chi connectivity index (χ0v) is 14.0. The molecule has 1 saturated carbocycles. The number of ether oxygens (including phenoxy) is 1. The molecule has 0 spiro atoms. The lowest BCUT2D eigenvalue weighted by molar-refractivity contribution is 0.293. The minimum atomic E-state index is 0.511. The van der Waals surface area contributed by atoms with Gasteiger partial charge in [0, 0.05) is 19.6 Å². The van der Waals surface area contributed by atoms with E-state index in [0.717, 1.165) is 34.2 Å². The summed E-state index contributed by atoms with van der Waals surface area (Å²) in [5.74, 6) is 0.899. The van der Waals surface area contributed by atoms with Crippen molar-refractivity contribution in [3.63, 3.8) is 0 Å². The molecule has 1 fully saturated rings. The fraction of sp³-hybridized carbons (Fsp3) is 0.438. The highest BCUT2D eigenvalue weighted by Crippen LogP contribution is 2.23. The van der Waals surface area contributed by atoms with Gasteiger partial charge in [-0.1, -0.05) is 12.1 Å². The lowest BCUT2D eigenvalue weighted by Crippen LogP contribution is -2.15. The van der Waals surface area contributed by atoms with Gasteiger partial charge in [-0.25, -0.2) is 0 Å². The minimum Gasteiger partial charge on any atom is -0.487 e. The Labute approximate surface area is 133 Å². The highest BCUT2D eigenvalue weighted by molar-refractivity contribution is 9.10. The molecule has 0 saturated heterocycles. The standard InChI is InChI=1S/C16H20BrN3O/c1-11-16(17)15(20(2)19-11)10-21-14-5-3-4-12(8-14)9-18-13-6-7-13/h3-5,8,13,18H,6-7,9-10H2,1-2H3. The number of aryl methyl sites for hydroxylation is 2. The summed E-state index contributed by atoms with van der Waals surface area (Å²) in [6, 6.07) is 9.00. The van der Waals surface area contributed by atoms with E-state index >= 15 is 0 Å². The maximum atomic E-state index is 5.91. The van der Waals surface area contributed by atoms with Gasteiger partial charge in [-0.3, -0.25) is 4.68 Å². The number of halogens is 1. The monoisotopic (exact) mass is 349 g/mol. The largest absolute Gasteiger partial charge is 0.487 e. The Hall–Kier alpha value is -1.33. The zero-order chi connectivity index (χ0) is 14.8. The highest BCUT2D eigenvalue weighted by atomic mass is 79.9. The van der Waals surface area contributed by atoms with Crippen LogP contribution in [0.3, 0.4) is 0 Å². The van der Waals surface area contributed by atoms with Crippen molar-refractivity contribution in [1.82, 2.24) is 15.1 Å². The Kier molecular flexibility index (Phi) is 4.31. The van der Waals surface area contributed by atoms with Crippen molar-refractivity contribution < 1.29 is 4.74 Å². The summed E-state index contributed by atoms with van der Waals surface area (Å²) < 4.78 is 8.80. The van der Waals surface area contributed by atoms with Crippen LogP contribution in [-0.4, -0.2) is 15.8 Å². The van der Waals surface area contributed by atoms with Crippen LogP contribution in [-0.2, 0) is 20.2 Å². The van der Waals surface area contributed by atoms with Crippen molar-refractivity contribution in [3.05, 3.63) is 45.7 Å². The van der Waals surface area contributed by atoms with E-state index in [1.54, 1.807) is 0 Å². The SMILES string of the molecule is Cc1nn(C)c(COc2cccc(CNC3CC3)c2)c1Br. The molecule has 1 heterocycles. The molecule has 4 nitrogen and oxygen atoms in total. The van der Waals surface area contributed by atoms with Gasteiger partial charge in [0.15, 0.2) is 0 Å². The summed E-state index contributed by atoms with van der Waals surface area (Å²) in [6.45, 7) is 3.41. The average Bonchev–Trinajstić information content (AvgIpc) is 3.26. The summed E-state index contributed by atoms with van der Waals surface area (Å²) in [4.78, 5) is 0. The zero-order valence-electron chi connectivity index (χ0n) is 12.4. The quantitative estimate of drug-likeness (QED) is 0.869. The molecule has 0 bridgehead atoms. The molecule has 1 aliphatic rings. The summed E-state index contributed by atoms with van der Waals surface area (Å²) >= 11 is 3.56. The van der Waals surface area contributed by atoms with Crippen LogP contribution >= 0.6 is 15.9 Å². The van der Waals surface area contributed by atoms with E-state index < -0.39 is 0 Å². The normalized spacial score (nSPS) is 14.4. The number of hydrogen-bond acceptors (Lipinski definition) is 3. The maximum absolute atomic E-state index is 5.91. The van der Waals surface area contributed by atoms with Gasteiger partial charge in [0.05, 0.1) is 15.9 Å². The molecule has 0 aliphatic heterocycles. The summed E-state index contributed by atoms with van der Waals surface area (Å²) in [7, 11) is 1.94. The van der Waals surface area contributed by atoms with Gasteiger partial charge in [-0.2, -0.15) is 5.10 Å². The van der Waals surface area contributed by atoms with Gasteiger partial charge in [-0.05, 0) is 53.4 Å². The average molecular weight is 350 g/mol. The van der Waals surface area contributed by atoms with Gasteiger partial charge < -0.3 is 10.1 Å². The van der Waals surface area contributed by atoms with Crippen LogP contribution in [0.25, 0.3) is 0 Å². The van der Waals surface area contributed by atoms with Gasteiger partial charge in [-0.15, -0.1) is 0 Å². The molecule has 21 heavy (non-hydrogen) atoms. The van der Waals surface area contributed by atoms with E-state index in [1.807, 2.05) is 30.8 Å². The topological polar surface area (TPSA) is 39.1 Å². The molecule has 1 aromatic heterocycles. The van der Waals surface area contributed by atoms with E-state index in [-0.39, 0.29) is 0 Å². The molecule has 112 valence electrons. The number of aromatic nitrogens is 2. The van der Waals surface area contributed by atoms with Crippen molar-refractivity contribution in [3.8, 4) is 5.75 Å². The second kappa shape index (κ2) is 6.20. The minimum absolute atomic E-state index is 0.511. The summed E-state index contributed by atoms with van der Waals surface area (Å²) in [6.07, 6.45) is 2.62. The van der Waals surface area contributed by atoms with Crippen LogP contribution in [0.1, 0.15) is 29.8 Å². The molecule has 1 aliphatic carbocycles. The third-order valence-corrected chi connectivity index (χ3v) is 4.74. The van der Waals surface area contributed by atoms with Gasteiger partial charge in [0.1, 0.15) is 12.4 Å². The molecule has 5 heteroatoms. The third kappa shape index (κ3) is 3.66. The fourth-order valence-electron chi connectivity index (χ4n) is 2.28. The van der Waals surface area contributed by atoms with Gasteiger partial charge >= 0.3 is 0 Å². The van der Waals surface area contributed by atoms with Crippen LogP contribution in [0.15, 0.2) is 28.7 Å². The van der Waals surface area contributed by atoms with Crippen LogP contribution < -0.4 is 10.1 Å². The van der Waals surface area contributed by atoms with Crippen molar-refractivity contribution in [2.75, 3.05) is 0 Å². The fourth-order valence-corrected chi connectivity index (χ4v) is 2.73.